The van der Waals surface area contributed by atoms with Crippen LogP contribution >= 0.6 is 11.6 Å². The van der Waals surface area contributed by atoms with E-state index < -0.39 is 0 Å². The topological polar surface area (TPSA) is 39.1 Å². The van der Waals surface area contributed by atoms with Gasteiger partial charge in [0.2, 0.25) is 0 Å². The van der Waals surface area contributed by atoms with E-state index in [1.165, 1.54) is 19.3 Å². The van der Waals surface area contributed by atoms with Crippen LogP contribution in [0.25, 0.3) is 0 Å². The zero-order chi connectivity index (χ0) is 10.6. The Bertz CT molecular complexity index is 242. The summed E-state index contributed by atoms with van der Waals surface area (Å²) >= 11 is 6.07. The summed E-state index contributed by atoms with van der Waals surface area (Å²) in [6, 6.07) is 0. The van der Waals surface area contributed by atoms with Crippen LogP contribution < -0.4 is 5.32 Å². The second kappa shape index (κ2) is 5.25. The normalized spacial score (nSPS) is 18.9. The fraction of sp³-hybridized carbons (Fsp3) is 0.700. The fourth-order valence-corrected chi connectivity index (χ4v) is 1.76. The molecule has 0 spiro atoms. The lowest BCUT2D eigenvalue weighted by Crippen LogP contribution is -2.36. The Morgan fingerprint density at radius 2 is 1.86 bits per heavy atom. The summed E-state index contributed by atoms with van der Waals surface area (Å²) in [7, 11) is 1.82. The van der Waals surface area contributed by atoms with Crippen LogP contribution in [0.3, 0.4) is 0 Å². The molecule has 0 aromatic heterocycles. The number of hydrogen-bond acceptors (Lipinski definition) is 2. The summed E-state index contributed by atoms with van der Waals surface area (Å²) in [5, 5.41) is 11.4. The molecule has 0 aromatic rings. The number of piperidine rings is 1. The van der Waals surface area contributed by atoms with Gasteiger partial charge in [-0.3, -0.25) is 5.41 Å². The predicted molar refractivity (Wildman–Crippen MR) is 60.8 cm³/mol. The number of amidine groups is 1. The third-order valence-electron chi connectivity index (χ3n) is 2.58. The van der Waals surface area contributed by atoms with Gasteiger partial charge in [0, 0.05) is 25.8 Å². The van der Waals surface area contributed by atoms with Gasteiger partial charge in [0.25, 0.3) is 0 Å². The molecule has 0 saturated carbocycles. The maximum absolute atomic E-state index is 7.92. The van der Waals surface area contributed by atoms with Gasteiger partial charge in [-0.05, 0) is 26.2 Å². The summed E-state index contributed by atoms with van der Waals surface area (Å²) in [6.45, 7) is 3.82. The Hall–Kier alpha value is -0.700. The van der Waals surface area contributed by atoms with Gasteiger partial charge in [-0.2, -0.15) is 0 Å². The minimum atomic E-state index is 0.457. The summed E-state index contributed by atoms with van der Waals surface area (Å²) in [6.07, 6.45) is 3.62. The molecular formula is C10H18ClN3. The first kappa shape index (κ1) is 11.4. The summed E-state index contributed by atoms with van der Waals surface area (Å²) in [5.41, 5.74) is 0.863. The van der Waals surface area contributed by atoms with Crippen molar-refractivity contribution < 1.29 is 0 Å². The highest BCUT2D eigenvalue weighted by Gasteiger charge is 2.16. The molecule has 4 heteroatoms. The third-order valence-corrected chi connectivity index (χ3v) is 3.05. The second-order valence-corrected chi connectivity index (χ2v) is 3.96. The maximum atomic E-state index is 7.92. The molecule has 0 bridgehead atoms. The van der Waals surface area contributed by atoms with Crippen LogP contribution in [-0.4, -0.2) is 30.9 Å². The first-order valence-electron chi connectivity index (χ1n) is 5.05. The van der Waals surface area contributed by atoms with Crippen LogP contribution in [-0.2, 0) is 0 Å². The summed E-state index contributed by atoms with van der Waals surface area (Å²) < 4.78 is 0. The van der Waals surface area contributed by atoms with Crippen molar-refractivity contribution >= 4 is 17.4 Å². The van der Waals surface area contributed by atoms with E-state index in [0.29, 0.717) is 10.9 Å². The smallest absolute Gasteiger partial charge is 0.141 e. The molecule has 14 heavy (non-hydrogen) atoms. The number of allylic oxidation sites excluding steroid dienone is 1. The number of nitrogens with zero attached hydrogens (tertiary/aromatic N) is 1. The van der Waals surface area contributed by atoms with E-state index in [1.54, 1.807) is 0 Å². The number of nitrogens with one attached hydrogen (secondary N) is 2. The lowest BCUT2D eigenvalue weighted by Gasteiger charge is -2.29. The third kappa shape index (κ3) is 2.64. The van der Waals surface area contributed by atoms with Gasteiger partial charge >= 0.3 is 0 Å². The number of hydrogen-bond donors (Lipinski definition) is 2. The predicted octanol–water partition coefficient (Wildman–Crippen LogP) is 2.14. The van der Waals surface area contributed by atoms with E-state index in [9.17, 15) is 0 Å². The van der Waals surface area contributed by atoms with Crippen molar-refractivity contribution in [2.75, 3.05) is 20.1 Å². The van der Waals surface area contributed by atoms with E-state index in [2.05, 4.69) is 5.32 Å². The Labute approximate surface area is 90.6 Å². The van der Waals surface area contributed by atoms with Crippen LogP contribution in [0.2, 0.25) is 0 Å². The molecule has 0 atom stereocenters. The molecule has 1 aliphatic rings. The van der Waals surface area contributed by atoms with Crippen molar-refractivity contribution in [1.29, 1.82) is 5.41 Å². The molecule has 1 saturated heterocycles. The SMILES string of the molecule is CN/C(C)=C(/Cl)C(=N)N1CCCCC1. The van der Waals surface area contributed by atoms with Crippen molar-refractivity contribution in [3.8, 4) is 0 Å². The number of rotatable bonds is 2. The van der Waals surface area contributed by atoms with Gasteiger partial charge in [-0.15, -0.1) is 0 Å². The van der Waals surface area contributed by atoms with E-state index in [0.717, 1.165) is 18.8 Å². The van der Waals surface area contributed by atoms with Gasteiger partial charge < -0.3 is 10.2 Å². The zero-order valence-corrected chi connectivity index (χ0v) is 9.62. The Morgan fingerprint density at radius 1 is 1.29 bits per heavy atom. The van der Waals surface area contributed by atoms with Crippen LogP contribution in [0, 0.1) is 5.41 Å². The van der Waals surface area contributed by atoms with E-state index in [4.69, 9.17) is 17.0 Å². The molecule has 0 unspecified atom stereocenters. The first-order chi connectivity index (χ1) is 6.66. The van der Waals surface area contributed by atoms with Crippen molar-refractivity contribution in [2.24, 2.45) is 0 Å². The van der Waals surface area contributed by atoms with Gasteiger partial charge in [-0.25, -0.2) is 0 Å². The molecule has 1 rings (SSSR count). The van der Waals surface area contributed by atoms with Crippen molar-refractivity contribution in [1.82, 2.24) is 10.2 Å². The van der Waals surface area contributed by atoms with Gasteiger partial charge in [0.1, 0.15) is 10.9 Å². The van der Waals surface area contributed by atoms with E-state index >= 15 is 0 Å². The quantitative estimate of drug-likeness (QED) is 0.547. The molecule has 0 aliphatic carbocycles. The molecular weight excluding hydrogens is 198 g/mol. The Balaban J connectivity index is 2.63. The molecule has 0 amide bonds. The molecule has 80 valence electrons. The van der Waals surface area contributed by atoms with Crippen LogP contribution in [0.5, 0.6) is 0 Å². The second-order valence-electron chi connectivity index (χ2n) is 3.59. The summed E-state index contributed by atoms with van der Waals surface area (Å²) in [4.78, 5) is 2.05. The number of halogens is 1. The van der Waals surface area contributed by atoms with Crippen LogP contribution in [0.15, 0.2) is 10.7 Å². The van der Waals surface area contributed by atoms with Gasteiger partial charge in [0.05, 0.1) is 0 Å². The fourth-order valence-electron chi connectivity index (χ4n) is 1.54. The average molecular weight is 216 g/mol. The van der Waals surface area contributed by atoms with E-state index in [1.807, 2.05) is 18.9 Å². The lowest BCUT2D eigenvalue weighted by atomic mass is 10.1. The monoisotopic (exact) mass is 215 g/mol. The standard InChI is InChI=1S/C10H18ClN3/c1-8(13-2)9(11)10(12)14-6-4-3-5-7-14/h12-13H,3-7H2,1-2H3/b9-8+,12-10?. The van der Waals surface area contributed by atoms with Crippen molar-refractivity contribution in [3.63, 3.8) is 0 Å². The molecule has 0 radical (unpaired) electrons. The Kier molecular flexibility index (Phi) is 4.26. The molecule has 1 heterocycles. The number of likely N-dealkylation sites (tertiary alicyclic amines) is 1. The minimum Gasteiger partial charge on any atom is -0.390 e. The lowest BCUT2D eigenvalue weighted by molar-refractivity contribution is 0.341. The Morgan fingerprint density at radius 3 is 2.36 bits per heavy atom. The van der Waals surface area contributed by atoms with Crippen LogP contribution in [0.1, 0.15) is 26.2 Å². The maximum Gasteiger partial charge on any atom is 0.141 e. The largest absolute Gasteiger partial charge is 0.390 e. The molecule has 0 aromatic carbocycles. The molecule has 2 N–H and O–H groups in total. The first-order valence-corrected chi connectivity index (χ1v) is 5.42. The van der Waals surface area contributed by atoms with Crippen molar-refractivity contribution in [2.45, 2.75) is 26.2 Å². The van der Waals surface area contributed by atoms with Gasteiger partial charge in [-0.1, -0.05) is 11.6 Å². The average Bonchev–Trinajstić information content (AvgIpc) is 2.27. The minimum absolute atomic E-state index is 0.457. The van der Waals surface area contributed by atoms with Crippen molar-refractivity contribution in [3.05, 3.63) is 10.7 Å². The van der Waals surface area contributed by atoms with E-state index in [-0.39, 0.29) is 0 Å². The van der Waals surface area contributed by atoms with Gasteiger partial charge in [0.15, 0.2) is 0 Å². The summed E-state index contributed by atoms with van der Waals surface area (Å²) in [5.74, 6) is 0.457. The molecule has 3 nitrogen and oxygen atoms in total. The highest BCUT2D eigenvalue weighted by atomic mass is 35.5. The molecule has 1 fully saturated rings. The van der Waals surface area contributed by atoms with Crippen LogP contribution in [0.4, 0.5) is 0 Å². The zero-order valence-electron chi connectivity index (χ0n) is 8.86. The highest BCUT2D eigenvalue weighted by molar-refractivity contribution is 6.42. The highest BCUT2D eigenvalue weighted by Crippen LogP contribution is 2.16. The molecule has 1 aliphatic heterocycles.